The van der Waals surface area contributed by atoms with Crippen LogP contribution < -0.4 is 10.2 Å². The van der Waals surface area contributed by atoms with Crippen LogP contribution in [0.5, 0.6) is 5.75 Å². The van der Waals surface area contributed by atoms with Gasteiger partial charge in [0.1, 0.15) is 11.5 Å². The fraction of sp³-hybridized carbons (Fsp3) is 0.250. The quantitative estimate of drug-likeness (QED) is 0.435. The van der Waals surface area contributed by atoms with Crippen molar-refractivity contribution in [3.05, 3.63) is 77.3 Å². The number of carboxylic acids is 1. The normalized spacial score (nSPS) is 11.4. The predicted octanol–water partition coefficient (Wildman–Crippen LogP) is 4.63. The lowest BCUT2D eigenvalue weighted by Gasteiger charge is -2.09. The molecular formula is C24H26N2O5. The van der Waals surface area contributed by atoms with Crippen molar-refractivity contribution in [2.24, 2.45) is 0 Å². The first kappa shape index (κ1) is 22.1. The first-order chi connectivity index (χ1) is 15.0. The van der Waals surface area contributed by atoms with E-state index in [0.717, 1.165) is 22.6 Å². The van der Waals surface area contributed by atoms with Crippen molar-refractivity contribution in [3.63, 3.8) is 0 Å². The van der Waals surface area contributed by atoms with Crippen LogP contribution >= 0.6 is 0 Å². The van der Waals surface area contributed by atoms with Crippen LogP contribution in [0, 0.1) is 6.92 Å². The fourth-order valence-corrected chi connectivity index (χ4v) is 2.97. The van der Waals surface area contributed by atoms with E-state index in [1.807, 2.05) is 68.4 Å². The lowest BCUT2D eigenvalue weighted by atomic mass is 10.1. The number of benzene rings is 2. The van der Waals surface area contributed by atoms with Crippen LogP contribution in [-0.2, 0) is 16.1 Å². The van der Waals surface area contributed by atoms with Crippen LogP contribution in [0.25, 0.3) is 17.5 Å². The molecule has 0 saturated carbocycles. The Kier molecular flexibility index (Phi) is 7.84. The number of hydrogen-bond donors (Lipinski definition) is 2. The Morgan fingerprint density at radius 3 is 2.74 bits per heavy atom. The molecule has 0 saturated heterocycles. The van der Waals surface area contributed by atoms with Gasteiger partial charge in [-0.2, -0.15) is 0 Å². The van der Waals surface area contributed by atoms with Gasteiger partial charge in [-0.1, -0.05) is 30.3 Å². The van der Waals surface area contributed by atoms with Crippen LogP contribution in [0.3, 0.4) is 0 Å². The van der Waals surface area contributed by atoms with Gasteiger partial charge in [-0.25, -0.2) is 4.98 Å². The lowest BCUT2D eigenvalue weighted by molar-refractivity contribution is -0.136. The third-order valence-corrected chi connectivity index (χ3v) is 4.41. The van der Waals surface area contributed by atoms with Crippen molar-refractivity contribution in [1.29, 1.82) is 0 Å². The molecule has 7 heteroatoms. The van der Waals surface area contributed by atoms with E-state index in [1.165, 1.54) is 0 Å². The molecule has 2 aromatic carbocycles. The molecule has 7 nitrogen and oxygen atoms in total. The summed E-state index contributed by atoms with van der Waals surface area (Å²) in [6, 6.07) is 17.2. The summed E-state index contributed by atoms with van der Waals surface area (Å²) < 4.78 is 11.7. The molecule has 31 heavy (non-hydrogen) atoms. The van der Waals surface area contributed by atoms with Gasteiger partial charge < -0.3 is 14.3 Å². The molecule has 0 aliphatic rings. The van der Waals surface area contributed by atoms with Gasteiger partial charge in [-0.05, 0) is 49.8 Å². The standard InChI is InChI=1S/C24H26N2O5/c1-3-30-26-20(16-23(27)28)14-18-8-7-11-21(15-18)29-13-12-22-17(2)31-24(25-22)19-9-5-4-6-10-19/h4-11,14-15,26H,3,12-13,16H2,1-2H3,(H,27,28). The third-order valence-electron chi connectivity index (χ3n) is 4.41. The Labute approximate surface area is 181 Å². The van der Waals surface area contributed by atoms with Crippen LogP contribution in [0.2, 0.25) is 0 Å². The molecule has 0 amide bonds. The topological polar surface area (TPSA) is 93.8 Å². The Morgan fingerprint density at radius 1 is 1.19 bits per heavy atom. The van der Waals surface area contributed by atoms with E-state index in [0.29, 0.717) is 37.0 Å². The van der Waals surface area contributed by atoms with Crippen LogP contribution in [0.4, 0.5) is 0 Å². The predicted molar refractivity (Wildman–Crippen MR) is 117 cm³/mol. The molecule has 2 N–H and O–H groups in total. The van der Waals surface area contributed by atoms with E-state index in [-0.39, 0.29) is 6.42 Å². The zero-order chi connectivity index (χ0) is 22.1. The molecule has 3 aromatic rings. The van der Waals surface area contributed by atoms with E-state index in [4.69, 9.17) is 19.1 Å². The second-order valence-electron chi connectivity index (χ2n) is 6.83. The van der Waals surface area contributed by atoms with Gasteiger partial charge >= 0.3 is 5.97 Å². The summed E-state index contributed by atoms with van der Waals surface area (Å²) in [5, 5.41) is 9.06. The number of oxazole rings is 1. The van der Waals surface area contributed by atoms with Crippen LogP contribution in [0.1, 0.15) is 30.4 Å². The third kappa shape index (κ3) is 6.72. The van der Waals surface area contributed by atoms with Crippen molar-refractivity contribution in [2.45, 2.75) is 26.7 Å². The minimum absolute atomic E-state index is 0.166. The summed E-state index contributed by atoms with van der Waals surface area (Å²) in [4.78, 5) is 20.8. The highest BCUT2D eigenvalue weighted by Gasteiger charge is 2.11. The zero-order valence-corrected chi connectivity index (χ0v) is 17.6. The largest absolute Gasteiger partial charge is 0.493 e. The van der Waals surface area contributed by atoms with Gasteiger partial charge in [0.2, 0.25) is 5.89 Å². The number of rotatable bonds is 11. The first-order valence-electron chi connectivity index (χ1n) is 10.1. The fourth-order valence-electron chi connectivity index (χ4n) is 2.97. The van der Waals surface area contributed by atoms with Gasteiger partial charge in [0.25, 0.3) is 0 Å². The maximum absolute atomic E-state index is 11.1. The number of nitrogens with zero attached hydrogens (tertiary/aromatic N) is 1. The van der Waals surface area contributed by atoms with Crippen molar-refractivity contribution in [3.8, 4) is 17.2 Å². The Bertz CT molecular complexity index is 1030. The molecule has 1 heterocycles. The number of aliphatic carboxylic acids is 1. The van der Waals surface area contributed by atoms with E-state index in [9.17, 15) is 4.79 Å². The molecule has 1 aromatic heterocycles. The molecule has 162 valence electrons. The molecule has 0 aliphatic carbocycles. The number of aryl methyl sites for hydroxylation is 1. The van der Waals surface area contributed by atoms with Gasteiger partial charge in [-0.3, -0.25) is 15.1 Å². The molecule has 0 unspecified atom stereocenters. The number of carboxylic acid groups (broad SMARTS) is 1. The SMILES string of the molecule is CCONC(=Cc1cccc(OCCc2nc(-c3ccccc3)oc2C)c1)CC(=O)O. The monoisotopic (exact) mass is 422 g/mol. The van der Waals surface area contributed by atoms with Gasteiger partial charge in [0.15, 0.2) is 0 Å². The summed E-state index contributed by atoms with van der Waals surface area (Å²) in [7, 11) is 0. The summed E-state index contributed by atoms with van der Waals surface area (Å²) in [5.74, 6) is 1.13. The Hall–Kier alpha value is -3.58. The van der Waals surface area contributed by atoms with Crippen LogP contribution in [0.15, 0.2) is 64.7 Å². The van der Waals surface area contributed by atoms with Gasteiger partial charge in [-0.15, -0.1) is 0 Å². The van der Waals surface area contributed by atoms with Crippen molar-refractivity contribution < 1.29 is 23.9 Å². The van der Waals surface area contributed by atoms with Crippen molar-refractivity contribution in [1.82, 2.24) is 10.5 Å². The molecule has 0 aliphatic heterocycles. The number of nitrogens with one attached hydrogen (secondary N) is 1. The van der Waals surface area contributed by atoms with Crippen molar-refractivity contribution >= 4 is 12.0 Å². The smallest absolute Gasteiger partial charge is 0.309 e. The van der Waals surface area contributed by atoms with Crippen LogP contribution in [-0.4, -0.2) is 29.3 Å². The van der Waals surface area contributed by atoms with Gasteiger partial charge in [0.05, 0.1) is 25.3 Å². The highest BCUT2D eigenvalue weighted by Crippen LogP contribution is 2.22. The minimum atomic E-state index is -0.941. The number of aromatic nitrogens is 1. The first-order valence-corrected chi connectivity index (χ1v) is 10.1. The molecule has 0 radical (unpaired) electrons. The van der Waals surface area contributed by atoms with E-state index < -0.39 is 5.97 Å². The average Bonchev–Trinajstić information content (AvgIpc) is 3.13. The second-order valence-corrected chi connectivity index (χ2v) is 6.83. The lowest BCUT2D eigenvalue weighted by Crippen LogP contribution is -2.16. The summed E-state index contributed by atoms with van der Waals surface area (Å²) in [6.45, 7) is 4.58. The molecular weight excluding hydrogens is 396 g/mol. The highest BCUT2D eigenvalue weighted by atomic mass is 16.6. The Morgan fingerprint density at radius 2 is 2.00 bits per heavy atom. The summed E-state index contributed by atoms with van der Waals surface area (Å²) in [6.07, 6.45) is 2.17. The van der Waals surface area contributed by atoms with E-state index in [1.54, 1.807) is 6.08 Å². The number of hydrogen-bond acceptors (Lipinski definition) is 6. The average molecular weight is 422 g/mol. The summed E-state index contributed by atoms with van der Waals surface area (Å²) in [5.41, 5.74) is 5.74. The highest BCUT2D eigenvalue weighted by molar-refractivity contribution is 5.72. The minimum Gasteiger partial charge on any atom is -0.493 e. The molecule has 0 spiro atoms. The zero-order valence-electron chi connectivity index (χ0n) is 17.6. The number of ether oxygens (including phenoxy) is 1. The van der Waals surface area contributed by atoms with Crippen molar-refractivity contribution in [2.75, 3.05) is 13.2 Å². The van der Waals surface area contributed by atoms with Gasteiger partial charge in [0, 0.05) is 17.7 Å². The number of hydroxylamine groups is 1. The molecule has 3 rings (SSSR count). The Balaban J connectivity index is 1.62. The number of carbonyl (C=O) groups is 1. The molecule has 0 bridgehead atoms. The van der Waals surface area contributed by atoms with E-state index in [2.05, 4.69) is 10.5 Å². The maximum atomic E-state index is 11.1. The second kappa shape index (κ2) is 11.0. The van der Waals surface area contributed by atoms with E-state index >= 15 is 0 Å². The maximum Gasteiger partial charge on any atom is 0.309 e. The molecule has 0 atom stereocenters. The molecule has 0 fully saturated rings. The summed E-state index contributed by atoms with van der Waals surface area (Å²) >= 11 is 0.